The normalized spacial score (nSPS) is 27.7. The molecule has 1 spiro atoms. The molecule has 0 aromatic heterocycles. The summed E-state index contributed by atoms with van der Waals surface area (Å²) < 4.78 is 54.4. The van der Waals surface area contributed by atoms with Crippen LogP contribution in [0.3, 0.4) is 0 Å². The Morgan fingerprint density at radius 1 is 1.16 bits per heavy atom. The molecule has 2 heterocycles. The van der Waals surface area contributed by atoms with Crippen LogP contribution < -0.4 is 9.47 Å². The van der Waals surface area contributed by atoms with E-state index in [-0.39, 0.29) is 18.2 Å². The number of piperidine rings is 1. The molecule has 0 amide bonds. The van der Waals surface area contributed by atoms with Gasteiger partial charge in [0.2, 0.25) is 6.29 Å². The lowest BCUT2D eigenvalue weighted by Crippen LogP contribution is -2.74. The van der Waals surface area contributed by atoms with E-state index in [4.69, 9.17) is 23.7 Å². The summed E-state index contributed by atoms with van der Waals surface area (Å²) in [5, 5.41) is 22.6. The molecule has 6 rings (SSSR count). The van der Waals surface area contributed by atoms with Gasteiger partial charge >= 0.3 is 18.1 Å². The SMILES string of the molecule is COc1ccc2c3c1O[C@H]1C(OC(=O)[C@H](C)OC(=O)[C@@H](O)c4ccccc4)=CC[C@@]4(O)[C@@H](C2)N(C)CC[C@]314.O=CC(F)(F)F. The highest BCUT2D eigenvalue weighted by atomic mass is 19.4. The lowest BCUT2D eigenvalue weighted by atomic mass is 9.50. The number of benzene rings is 2. The van der Waals surface area contributed by atoms with E-state index in [1.54, 1.807) is 43.5 Å². The third-order valence-electron chi connectivity index (χ3n) is 8.87. The topological polar surface area (TPSA) is 132 Å². The van der Waals surface area contributed by atoms with Crippen molar-refractivity contribution in [2.45, 2.75) is 67.7 Å². The first-order chi connectivity index (χ1) is 20.8. The Hall–Kier alpha value is -3.94. The lowest BCUT2D eigenvalue weighted by molar-refractivity contribution is -0.178. The Morgan fingerprint density at radius 3 is 2.48 bits per heavy atom. The van der Waals surface area contributed by atoms with Gasteiger partial charge in [-0.25, -0.2) is 9.59 Å². The summed E-state index contributed by atoms with van der Waals surface area (Å²) in [4.78, 5) is 36.5. The highest BCUT2D eigenvalue weighted by Crippen LogP contribution is 2.65. The molecule has 2 aliphatic heterocycles. The van der Waals surface area contributed by atoms with Gasteiger partial charge in [0.1, 0.15) is 5.76 Å². The summed E-state index contributed by atoms with van der Waals surface area (Å²) in [6.45, 7) is 2.14. The highest BCUT2D eigenvalue weighted by molar-refractivity contribution is 5.82. The number of carbonyl (C=O) groups is 3. The molecule has 2 bridgehead atoms. The number of aliphatic hydroxyl groups excluding tert-OH is 1. The first-order valence-electron chi connectivity index (χ1n) is 13.9. The molecule has 0 unspecified atom stereocenters. The van der Waals surface area contributed by atoms with Crippen molar-refractivity contribution in [2.24, 2.45) is 0 Å². The second-order valence-electron chi connectivity index (χ2n) is 11.3. The van der Waals surface area contributed by atoms with Gasteiger partial charge in [0.25, 0.3) is 0 Å². The van der Waals surface area contributed by atoms with Crippen LogP contribution in [0.4, 0.5) is 13.2 Å². The monoisotopic (exact) mass is 619 g/mol. The van der Waals surface area contributed by atoms with Gasteiger partial charge in [0.05, 0.1) is 18.1 Å². The van der Waals surface area contributed by atoms with Gasteiger partial charge in [-0.05, 0) is 56.6 Å². The Bertz CT molecular complexity index is 1480. The van der Waals surface area contributed by atoms with Gasteiger partial charge in [-0.2, -0.15) is 13.2 Å². The van der Waals surface area contributed by atoms with E-state index in [1.807, 2.05) is 19.2 Å². The Labute approximate surface area is 250 Å². The maximum atomic E-state index is 13.1. The fourth-order valence-electron chi connectivity index (χ4n) is 6.85. The van der Waals surface area contributed by atoms with Gasteiger partial charge in [-0.15, -0.1) is 0 Å². The van der Waals surface area contributed by atoms with Crippen molar-refractivity contribution in [1.29, 1.82) is 0 Å². The van der Waals surface area contributed by atoms with E-state index in [2.05, 4.69) is 4.90 Å². The molecule has 0 radical (unpaired) electrons. The predicted octanol–water partition coefficient (Wildman–Crippen LogP) is 2.93. The van der Waals surface area contributed by atoms with Gasteiger partial charge in [0.15, 0.2) is 29.8 Å². The van der Waals surface area contributed by atoms with Gasteiger partial charge in [0, 0.05) is 18.0 Å². The van der Waals surface area contributed by atoms with Crippen LogP contribution in [0.25, 0.3) is 0 Å². The Kier molecular flexibility index (Phi) is 8.25. The van der Waals surface area contributed by atoms with Crippen molar-refractivity contribution in [3.8, 4) is 11.5 Å². The molecule has 44 heavy (non-hydrogen) atoms. The number of hydrogen-bond donors (Lipinski definition) is 2. The average Bonchev–Trinajstić information content (AvgIpc) is 3.36. The number of nitrogens with zero attached hydrogens (tertiary/aromatic N) is 1. The smallest absolute Gasteiger partial charge is 0.446 e. The first-order valence-corrected chi connectivity index (χ1v) is 13.9. The van der Waals surface area contributed by atoms with Crippen LogP contribution in [0.2, 0.25) is 0 Å². The number of rotatable bonds is 6. The third-order valence-corrected chi connectivity index (χ3v) is 8.87. The quantitative estimate of drug-likeness (QED) is 0.368. The standard InChI is InChI=1S/C29H31NO8.C2HF3O/c1-16(36-27(33)23(31)17-7-5-4-6-8-17)26(32)37-20-11-12-29(34)21-15-18-9-10-19(35-3)24-22(18)28(29,25(20)38-24)13-14-30(21)2;3-2(4,5)1-6/h4-11,16,21,23,25,31,34H,12-15H2,1-3H3;1H/t16-,21+,23-,25-,28-,29+;/m0./s1. The predicted molar refractivity (Wildman–Crippen MR) is 147 cm³/mol. The van der Waals surface area contributed by atoms with Crippen molar-refractivity contribution in [3.05, 3.63) is 71.0 Å². The minimum absolute atomic E-state index is 0.123. The van der Waals surface area contributed by atoms with Crippen LogP contribution in [0.15, 0.2) is 54.3 Å². The molecule has 2 aromatic carbocycles. The number of ether oxygens (including phenoxy) is 4. The van der Waals surface area contributed by atoms with Gasteiger partial charge in [-0.3, -0.25) is 4.79 Å². The number of esters is 2. The van der Waals surface area contributed by atoms with E-state index < -0.39 is 53.7 Å². The van der Waals surface area contributed by atoms with E-state index in [0.717, 1.165) is 17.7 Å². The summed E-state index contributed by atoms with van der Waals surface area (Å²) in [7, 11) is 3.60. The fourth-order valence-corrected chi connectivity index (χ4v) is 6.85. The van der Waals surface area contributed by atoms with Crippen LogP contribution in [0.1, 0.15) is 42.6 Å². The molecule has 2 aliphatic carbocycles. The zero-order chi connectivity index (χ0) is 32.0. The molecule has 10 nitrogen and oxygen atoms in total. The average molecular weight is 620 g/mol. The van der Waals surface area contributed by atoms with E-state index in [9.17, 15) is 33.0 Å². The summed E-state index contributed by atoms with van der Waals surface area (Å²) in [5.41, 5.74) is 0.455. The van der Waals surface area contributed by atoms with Gasteiger partial charge < -0.3 is 34.1 Å². The number of likely N-dealkylation sites (tertiary alicyclic amines) is 1. The molecule has 2 aromatic rings. The maximum absolute atomic E-state index is 13.1. The number of alkyl halides is 3. The molecule has 1 fully saturated rings. The Morgan fingerprint density at radius 2 is 1.84 bits per heavy atom. The van der Waals surface area contributed by atoms with Crippen LogP contribution in [0.5, 0.6) is 11.5 Å². The highest BCUT2D eigenvalue weighted by Gasteiger charge is 2.72. The summed E-state index contributed by atoms with van der Waals surface area (Å²) in [6, 6.07) is 12.1. The molecule has 13 heteroatoms. The molecule has 2 N–H and O–H groups in total. The molecular weight excluding hydrogens is 587 g/mol. The first kappa shape index (κ1) is 31.5. The number of carbonyl (C=O) groups excluding carboxylic acids is 3. The van der Waals surface area contributed by atoms with Crippen molar-refractivity contribution < 1.29 is 56.7 Å². The number of hydrogen-bond acceptors (Lipinski definition) is 10. The largest absolute Gasteiger partial charge is 0.493 e. The van der Waals surface area contributed by atoms with Crippen molar-refractivity contribution in [2.75, 3.05) is 20.7 Å². The van der Waals surface area contributed by atoms with Crippen LogP contribution in [-0.4, -0.2) is 84.1 Å². The molecule has 1 saturated heterocycles. The second-order valence-corrected chi connectivity index (χ2v) is 11.3. The van der Waals surface area contributed by atoms with E-state index >= 15 is 0 Å². The zero-order valence-electron chi connectivity index (χ0n) is 24.2. The lowest BCUT2D eigenvalue weighted by Gasteiger charge is -2.61. The summed E-state index contributed by atoms with van der Waals surface area (Å²) in [6.07, 6.45) is -5.97. The number of aliphatic hydroxyl groups is 2. The minimum Gasteiger partial charge on any atom is -0.493 e. The third kappa shape index (κ3) is 5.12. The number of methoxy groups -OCH3 is 1. The molecule has 4 aliphatic rings. The van der Waals surface area contributed by atoms with Crippen LogP contribution >= 0.6 is 0 Å². The molecular formula is C31H32F3NO9. The van der Waals surface area contributed by atoms with Crippen LogP contribution in [0, 0.1) is 0 Å². The molecule has 236 valence electrons. The van der Waals surface area contributed by atoms with Crippen molar-refractivity contribution in [1.82, 2.24) is 4.90 Å². The van der Waals surface area contributed by atoms with Crippen LogP contribution in [-0.2, 0) is 35.7 Å². The maximum Gasteiger partial charge on any atom is 0.446 e. The number of aldehydes is 1. The zero-order valence-corrected chi connectivity index (χ0v) is 24.2. The molecule has 6 atom stereocenters. The van der Waals surface area contributed by atoms with Gasteiger partial charge in [-0.1, -0.05) is 36.4 Å². The van der Waals surface area contributed by atoms with Crippen molar-refractivity contribution in [3.63, 3.8) is 0 Å². The summed E-state index contributed by atoms with van der Waals surface area (Å²) in [5.74, 6) is -0.323. The van der Waals surface area contributed by atoms with E-state index in [0.29, 0.717) is 29.9 Å². The van der Waals surface area contributed by atoms with Crippen molar-refractivity contribution >= 4 is 18.2 Å². The number of likely N-dealkylation sites (N-methyl/N-ethyl adjacent to an activating group) is 1. The minimum atomic E-state index is -4.64. The summed E-state index contributed by atoms with van der Waals surface area (Å²) >= 11 is 0. The Balaban J connectivity index is 0.000000584. The second kappa shape index (κ2) is 11.5. The number of halogens is 3. The molecule has 0 saturated carbocycles. The van der Waals surface area contributed by atoms with E-state index in [1.165, 1.54) is 6.92 Å². The fraction of sp³-hybridized carbons (Fsp3) is 0.452.